The van der Waals surface area contributed by atoms with E-state index in [1.807, 2.05) is 0 Å². The average molecular weight is 543 g/mol. The van der Waals surface area contributed by atoms with Crippen molar-refractivity contribution in [1.29, 1.82) is 0 Å². The molecule has 6 rings (SSSR count). The maximum absolute atomic E-state index is 4.89. The summed E-state index contributed by atoms with van der Waals surface area (Å²) in [6, 6.07) is 14.2. The zero-order chi connectivity index (χ0) is 29.5. The predicted molar refractivity (Wildman–Crippen MR) is 178 cm³/mol. The first kappa shape index (κ1) is 28.3. The number of hydrogen-bond donors (Lipinski definition) is 0. The first-order chi connectivity index (χ1) is 19.3. The summed E-state index contributed by atoms with van der Waals surface area (Å²) in [4.78, 5) is 0. The Labute approximate surface area is 250 Å². The first-order valence-electron chi connectivity index (χ1n) is 16.0. The normalized spacial score (nSPS) is 29.9. The molecule has 41 heavy (non-hydrogen) atoms. The lowest BCUT2D eigenvalue weighted by Gasteiger charge is -2.62. The Balaban J connectivity index is 1.49. The standard InChI is InChI=1S/C41H50/c1-25(2)36-27(4)22-40(9)24-39(8)23-35-34(33-17-13-16-32(21-33)20-31-14-11-12-15-31)19-18-26(3)37(35)28(5)38(39)30(7)41(40,10)29(36)6/h13,16-19,21,31H,1,5-6,11-12,14-15,20,22-24H2,2-4,7-10H3/t39-,40+,41-/m1/s1. The second-order valence-electron chi connectivity index (χ2n) is 15.0. The first-order valence-corrected chi connectivity index (χ1v) is 16.0. The number of benzene rings is 2. The molecule has 0 unspecified atom stereocenters. The van der Waals surface area contributed by atoms with Crippen molar-refractivity contribution in [2.45, 2.75) is 99.8 Å². The number of hydrogen-bond acceptors (Lipinski definition) is 0. The van der Waals surface area contributed by atoms with Crippen LogP contribution in [0.2, 0.25) is 0 Å². The van der Waals surface area contributed by atoms with E-state index < -0.39 is 0 Å². The topological polar surface area (TPSA) is 0 Å². The Morgan fingerprint density at radius 3 is 2.34 bits per heavy atom. The van der Waals surface area contributed by atoms with Crippen LogP contribution < -0.4 is 0 Å². The number of fused-ring (bicyclic) bond motifs is 3. The monoisotopic (exact) mass is 542 g/mol. The third-order valence-electron chi connectivity index (χ3n) is 12.1. The van der Waals surface area contributed by atoms with Gasteiger partial charge < -0.3 is 0 Å². The fraction of sp³-hybridized carbons (Fsp3) is 0.463. The van der Waals surface area contributed by atoms with Gasteiger partial charge in [0.2, 0.25) is 0 Å². The van der Waals surface area contributed by atoms with E-state index in [2.05, 4.69) is 91.4 Å². The Hall–Kier alpha value is -2.86. The molecule has 3 atom stereocenters. The van der Waals surface area contributed by atoms with Crippen molar-refractivity contribution in [3.05, 3.63) is 112 Å². The summed E-state index contributed by atoms with van der Waals surface area (Å²) < 4.78 is 0. The van der Waals surface area contributed by atoms with Gasteiger partial charge in [-0.3, -0.25) is 0 Å². The smallest absolute Gasteiger partial charge is 0.0194 e. The second-order valence-corrected chi connectivity index (χ2v) is 15.0. The summed E-state index contributed by atoms with van der Waals surface area (Å²) >= 11 is 0. The predicted octanol–water partition coefficient (Wildman–Crippen LogP) is 11.6. The minimum Gasteiger partial charge on any atom is -0.0955 e. The quantitative estimate of drug-likeness (QED) is 0.360. The maximum Gasteiger partial charge on any atom is 0.0194 e. The molecule has 1 fully saturated rings. The molecule has 0 aliphatic heterocycles. The summed E-state index contributed by atoms with van der Waals surface area (Å²) in [7, 11) is 0. The molecule has 0 N–H and O–H groups in total. The molecule has 2 aromatic carbocycles. The van der Waals surface area contributed by atoms with Crippen LogP contribution in [0.25, 0.3) is 16.7 Å². The zero-order valence-corrected chi connectivity index (χ0v) is 26.8. The highest BCUT2D eigenvalue weighted by Crippen LogP contribution is 2.70. The summed E-state index contributed by atoms with van der Waals surface area (Å²) in [6.07, 6.45) is 10.1. The van der Waals surface area contributed by atoms with Gasteiger partial charge in [0.25, 0.3) is 0 Å². The van der Waals surface area contributed by atoms with Crippen molar-refractivity contribution in [3.63, 3.8) is 0 Å². The summed E-state index contributed by atoms with van der Waals surface area (Å²) in [5, 5.41) is 0. The van der Waals surface area contributed by atoms with E-state index in [0.29, 0.717) is 0 Å². The second kappa shape index (κ2) is 9.58. The van der Waals surface area contributed by atoms with Crippen LogP contribution in [0.5, 0.6) is 0 Å². The van der Waals surface area contributed by atoms with Gasteiger partial charge in [-0.05, 0) is 126 Å². The van der Waals surface area contributed by atoms with Crippen molar-refractivity contribution in [2.75, 3.05) is 0 Å². The molecule has 0 saturated heterocycles. The lowest BCUT2D eigenvalue weighted by Crippen LogP contribution is -2.52. The van der Waals surface area contributed by atoms with Crippen LogP contribution in [0.3, 0.4) is 0 Å². The van der Waals surface area contributed by atoms with Crippen molar-refractivity contribution in [1.82, 2.24) is 0 Å². The van der Waals surface area contributed by atoms with Gasteiger partial charge in [0.15, 0.2) is 0 Å². The third kappa shape index (κ3) is 4.07. The Morgan fingerprint density at radius 2 is 1.66 bits per heavy atom. The molecule has 0 spiro atoms. The molecule has 0 heteroatoms. The van der Waals surface area contributed by atoms with E-state index in [-0.39, 0.29) is 16.2 Å². The van der Waals surface area contributed by atoms with Crippen LogP contribution in [-0.4, -0.2) is 0 Å². The molecule has 214 valence electrons. The minimum atomic E-state index is -0.115. The molecule has 2 aromatic rings. The highest BCUT2D eigenvalue weighted by molar-refractivity contribution is 5.90. The van der Waals surface area contributed by atoms with Crippen LogP contribution in [0.15, 0.2) is 89.6 Å². The third-order valence-corrected chi connectivity index (χ3v) is 12.1. The number of allylic oxidation sites excluding steroid dienone is 7. The van der Waals surface area contributed by atoms with E-state index >= 15 is 0 Å². The van der Waals surface area contributed by atoms with Crippen molar-refractivity contribution in [2.24, 2.45) is 22.2 Å². The maximum atomic E-state index is 4.89. The van der Waals surface area contributed by atoms with Crippen LogP contribution in [-0.2, 0) is 12.8 Å². The van der Waals surface area contributed by atoms with E-state index in [9.17, 15) is 0 Å². The lowest BCUT2D eigenvalue weighted by molar-refractivity contribution is 0.0544. The molecule has 0 nitrogen and oxygen atoms in total. The summed E-state index contributed by atoms with van der Waals surface area (Å²) in [5.41, 5.74) is 17.9. The van der Waals surface area contributed by atoms with Gasteiger partial charge in [0.05, 0.1) is 0 Å². The molecular formula is C41H50. The van der Waals surface area contributed by atoms with Crippen molar-refractivity contribution in [3.8, 4) is 11.1 Å². The summed E-state index contributed by atoms with van der Waals surface area (Å²) in [5.74, 6) is 0.858. The molecule has 0 amide bonds. The molecule has 0 radical (unpaired) electrons. The SMILES string of the molecule is C=C(C)C1=C(C)C[C@@]2(C)C[C@@]3(C)Cc4c(-c5cccc(CC6CCCC6)c5)ccc(C)c4C(=C)C3=C(C)[C@@]2(C)C1=C. The van der Waals surface area contributed by atoms with E-state index in [1.165, 1.54) is 98.9 Å². The van der Waals surface area contributed by atoms with E-state index in [0.717, 1.165) is 30.8 Å². The Morgan fingerprint density at radius 1 is 0.951 bits per heavy atom. The molecule has 1 saturated carbocycles. The average Bonchev–Trinajstić information content (AvgIpc) is 3.39. The van der Waals surface area contributed by atoms with Gasteiger partial charge in [0.1, 0.15) is 0 Å². The Kier molecular flexibility index (Phi) is 6.61. The lowest BCUT2D eigenvalue weighted by atomic mass is 9.41. The van der Waals surface area contributed by atoms with Crippen LogP contribution in [0.1, 0.15) is 102 Å². The number of aryl methyl sites for hydroxylation is 1. The molecule has 4 aliphatic rings. The fourth-order valence-corrected chi connectivity index (χ4v) is 10.2. The highest BCUT2D eigenvalue weighted by atomic mass is 14.6. The van der Waals surface area contributed by atoms with Crippen LogP contribution in [0, 0.1) is 29.1 Å². The van der Waals surface area contributed by atoms with Gasteiger partial charge in [-0.15, -0.1) is 0 Å². The largest absolute Gasteiger partial charge is 0.0955 e. The van der Waals surface area contributed by atoms with Crippen molar-refractivity contribution < 1.29 is 0 Å². The molecule has 0 aromatic heterocycles. The number of rotatable bonds is 4. The van der Waals surface area contributed by atoms with Gasteiger partial charge in [-0.2, -0.15) is 0 Å². The van der Waals surface area contributed by atoms with E-state index in [1.54, 1.807) is 0 Å². The molecular weight excluding hydrogens is 492 g/mol. The van der Waals surface area contributed by atoms with Gasteiger partial charge in [0, 0.05) is 5.41 Å². The van der Waals surface area contributed by atoms with Crippen LogP contribution >= 0.6 is 0 Å². The van der Waals surface area contributed by atoms with Gasteiger partial charge >= 0.3 is 0 Å². The zero-order valence-electron chi connectivity index (χ0n) is 26.8. The van der Waals surface area contributed by atoms with Gasteiger partial charge in [-0.25, -0.2) is 0 Å². The highest BCUT2D eigenvalue weighted by Gasteiger charge is 2.59. The van der Waals surface area contributed by atoms with Crippen molar-refractivity contribution >= 4 is 5.57 Å². The summed E-state index contributed by atoms with van der Waals surface area (Å²) in [6.45, 7) is 30.7. The molecule has 4 aliphatic carbocycles. The molecule has 0 heterocycles. The Bertz CT molecular complexity index is 1560. The van der Waals surface area contributed by atoms with E-state index in [4.69, 9.17) is 13.2 Å². The minimum absolute atomic E-state index is 0.0354. The van der Waals surface area contributed by atoms with Gasteiger partial charge in [-0.1, -0.05) is 119 Å². The molecule has 0 bridgehead atoms. The fourth-order valence-electron chi connectivity index (χ4n) is 10.2. The van der Waals surface area contributed by atoms with Crippen LogP contribution in [0.4, 0.5) is 0 Å².